The number of likely N-dealkylation sites (tertiary alicyclic amines) is 1. The highest BCUT2D eigenvalue weighted by Gasteiger charge is 2.50. The van der Waals surface area contributed by atoms with Crippen molar-refractivity contribution in [2.45, 2.75) is 46.1 Å². The van der Waals surface area contributed by atoms with Gasteiger partial charge in [-0.25, -0.2) is 4.79 Å². The van der Waals surface area contributed by atoms with Gasteiger partial charge in [0, 0.05) is 12.6 Å². The van der Waals surface area contributed by atoms with Gasteiger partial charge < -0.3 is 14.7 Å². The van der Waals surface area contributed by atoms with Crippen LogP contribution in [0.1, 0.15) is 50.4 Å². The summed E-state index contributed by atoms with van der Waals surface area (Å²) in [5, 5.41) is 9.41. The Kier molecular flexibility index (Phi) is 4.06. The molecule has 1 aliphatic heterocycles. The van der Waals surface area contributed by atoms with Crippen LogP contribution in [0.4, 0.5) is 0 Å². The van der Waals surface area contributed by atoms with Gasteiger partial charge in [-0.3, -0.25) is 4.79 Å². The molecule has 1 aromatic carbocycles. The second kappa shape index (κ2) is 5.80. The van der Waals surface area contributed by atoms with Crippen LogP contribution in [-0.4, -0.2) is 41.1 Å². The Hall–Kier alpha value is -2.04. The molecule has 130 valence electrons. The highest BCUT2D eigenvalue weighted by molar-refractivity contribution is 5.91. The van der Waals surface area contributed by atoms with Crippen LogP contribution < -0.4 is 0 Å². The van der Waals surface area contributed by atoms with Crippen LogP contribution >= 0.6 is 0 Å². The van der Waals surface area contributed by atoms with E-state index in [0.717, 1.165) is 25.8 Å². The van der Waals surface area contributed by atoms with E-state index in [0.29, 0.717) is 0 Å². The number of aromatic hydroxyl groups is 1. The van der Waals surface area contributed by atoms with Crippen LogP contribution in [0.2, 0.25) is 0 Å². The Morgan fingerprint density at radius 1 is 1.29 bits per heavy atom. The SMILES string of the molecule is CC1(C)C[C@H]2C[C@@](C)(CN2C(=O)COC(=O)c2cccc(O)c2)C1. The van der Waals surface area contributed by atoms with E-state index in [2.05, 4.69) is 20.8 Å². The predicted octanol–water partition coefficient (Wildman–Crippen LogP) is 2.98. The highest BCUT2D eigenvalue weighted by atomic mass is 16.5. The van der Waals surface area contributed by atoms with Crippen LogP contribution in [0.5, 0.6) is 5.75 Å². The maximum absolute atomic E-state index is 12.5. The molecule has 24 heavy (non-hydrogen) atoms. The van der Waals surface area contributed by atoms with Gasteiger partial charge in [0.25, 0.3) is 5.91 Å². The second-order valence-corrected chi connectivity index (χ2v) is 8.36. The third kappa shape index (κ3) is 3.40. The van der Waals surface area contributed by atoms with Gasteiger partial charge in [0.05, 0.1) is 5.56 Å². The van der Waals surface area contributed by atoms with Gasteiger partial charge in [-0.2, -0.15) is 0 Å². The number of phenolic OH excluding ortho intramolecular Hbond substituents is 1. The minimum atomic E-state index is -0.590. The first kappa shape index (κ1) is 16.8. The van der Waals surface area contributed by atoms with Crippen molar-refractivity contribution in [3.05, 3.63) is 29.8 Å². The van der Waals surface area contributed by atoms with E-state index in [9.17, 15) is 14.7 Å². The highest BCUT2D eigenvalue weighted by Crippen LogP contribution is 2.52. The van der Waals surface area contributed by atoms with E-state index >= 15 is 0 Å². The molecule has 5 heteroatoms. The van der Waals surface area contributed by atoms with Gasteiger partial charge in [0.1, 0.15) is 5.75 Å². The molecule has 0 radical (unpaired) electrons. The van der Waals surface area contributed by atoms with Crippen LogP contribution in [0.25, 0.3) is 0 Å². The average Bonchev–Trinajstić information content (AvgIpc) is 2.73. The number of hydrogen-bond acceptors (Lipinski definition) is 4. The number of rotatable bonds is 3. The molecule has 0 spiro atoms. The van der Waals surface area contributed by atoms with Crippen molar-refractivity contribution in [3.8, 4) is 5.75 Å². The molecule has 2 aliphatic rings. The fourth-order valence-corrected chi connectivity index (χ4v) is 4.68. The first-order valence-corrected chi connectivity index (χ1v) is 8.43. The largest absolute Gasteiger partial charge is 0.508 e. The molecule has 1 N–H and O–H groups in total. The summed E-state index contributed by atoms with van der Waals surface area (Å²) in [4.78, 5) is 26.4. The summed E-state index contributed by atoms with van der Waals surface area (Å²) < 4.78 is 5.15. The van der Waals surface area contributed by atoms with Gasteiger partial charge in [0.15, 0.2) is 6.61 Å². The Morgan fingerprint density at radius 3 is 2.75 bits per heavy atom. The van der Waals surface area contributed by atoms with E-state index in [1.807, 2.05) is 4.90 Å². The van der Waals surface area contributed by atoms with E-state index in [-0.39, 0.29) is 40.7 Å². The van der Waals surface area contributed by atoms with Crippen molar-refractivity contribution in [2.24, 2.45) is 10.8 Å². The summed E-state index contributed by atoms with van der Waals surface area (Å²) in [5.41, 5.74) is 0.651. The third-order valence-corrected chi connectivity index (χ3v) is 5.14. The number of carbonyl (C=O) groups excluding carboxylic acids is 2. The number of amides is 1. The van der Waals surface area contributed by atoms with Crippen molar-refractivity contribution in [3.63, 3.8) is 0 Å². The molecular formula is C19H25NO4. The quantitative estimate of drug-likeness (QED) is 0.865. The second-order valence-electron chi connectivity index (χ2n) is 8.36. The maximum Gasteiger partial charge on any atom is 0.338 e. The molecule has 1 saturated carbocycles. The monoisotopic (exact) mass is 331 g/mol. The van der Waals surface area contributed by atoms with E-state index in [4.69, 9.17) is 4.74 Å². The molecule has 0 aromatic heterocycles. The Labute approximate surface area is 142 Å². The fraction of sp³-hybridized carbons (Fsp3) is 0.579. The van der Waals surface area contributed by atoms with Crippen LogP contribution in [0.3, 0.4) is 0 Å². The summed E-state index contributed by atoms with van der Waals surface area (Å²) in [5.74, 6) is -0.720. The molecule has 1 amide bonds. The average molecular weight is 331 g/mol. The lowest BCUT2D eigenvalue weighted by atomic mass is 9.65. The van der Waals surface area contributed by atoms with Gasteiger partial charge in [-0.05, 0) is 48.3 Å². The summed E-state index contributed by atoms with van der Waals surface area (Å²) in [6.45, 7) is 7.25. The van der Waals surface area contributed by atoms with Gasteiger partial charge in [0.2, 0.25) is 0 Å². The third-order valence-electron chi connectivity index (χ3n) is 5.14. The minimum absolute atomic E-state index is 0.000673. The number of nitrogens with zero attached hydrogens (tertiary/aromatic N) is 1. The standard InChI is InChI=1S/C19H25NO4/c1-18(2)8-14-9-19(3,11-18)12-20(14)16(22)10-24-17(23)13-5-4-6-15(21)7-13/h4-7,14,21H,8-12H2,1-3H3/t14-,19+/m0/s1. The number of hydrogen-bond donors (Lipinski definition) is 1. The summed E-state index contributed by atoms with van der Waals surface area (Å²) >= 11 is 0. The Bertz CT molecular complexity index is 669. The molecule has 5 nitrogen and oxygen atoms in total. The molecule has 1 aromatic rings. The van der Waals surface area contributed by atoms with E-state index < -0.39 is 5.97 Å². The van der Waals surface area contributed by atoms with Crippen LogP contribution in [0.15, 0.2) is 24.3 Å². The van der Waals surface area contributed by atoms with Gasteiger partial charge in [-0.15, -0.1) is 0 Å². The zero-order valence-electron chi connectivity index (χ0n) is 14.5. The van der Waals surface area contributed by atoms with Crippen molar-refractivity contribution < 1.29 is 19.4 Å². The maximum atomic E-state index is 12.5. The fourth-order valence-electron chi connectivity index (χ4n) is 4.68. The van der Waals surface area contributed by atoms with Crippen molar-refractivity contribution in [1.82, 2.24) is 4.90 Å². The zero-order chi connectivity index (χ0) is 17.5. The van der Waals surface area contributed by atoms with Gasteiger partial charge in [-0.1, -0.05) is 26.8 Å². The minimum Gasteiger partial charge on any atom is -0.508 e. The number of benzene rings is 1. The summed E-state index contributed by atoms with van der Waals surface area (Å²) in [6.07, 6.45) is 3.14. The van der Waals surface area contributed by atoms with Crippen LogP contribution in [-0.2, 0) is 9.53 Å². The predicted molar refractivity (Wildman–Crippen MR) is 89.6 cm³/mol. The molecule has 3 rings (SSSR count). The number of phenols is 1. The molecule has 2 bridgehead atoms. The summed E-state index contributed by atoms with van der Waals surface area (Å²) in [7, 11) is 0. The van der Waals surface area contributed by atoms with Crippen LogP contribution in [0, 0.1) is 10.8 Å². The summed E-state index contributed by atoms with van der Waals surface area (Å²) in [6, 6.07) is 6.18. The number of fused-ring (bicyclic) bond motifs is 2. The van der Waals surface area contributed by atoms with Crippen molar-refractivity contribution in [2.75, 3.05) is 13.2 Å². The first-order chi connectivity index (χ1) is 11.2. The first-order valence-electron chi connectivity index (χ1n) is 8.43. The number of esters is 1. The number of carbonyl (C=O) groups is 2. The topological polar surface area (TPSA) is 66.8 Å². The molecule has 1 heterocycles. The molecule has 0 unspecified atom stereocenters. The van der Waals surface area contributed by atoms with Crippen molar-refractivity contribution in [1.29, 1.82) is 0 Å². The lowest BCUT2D eigenvalue weighted by molar-refractivity contribution is -0.135. The van der Waals surface area contributed by atoms with Gasteiger partial charge >= 0.3 is 5.97 Å². The number of ether oxygens (including phenoxy) is 1. The Balaban J connectivity index is 1.61. The molecule has 1 aliphatic carbocycles. The normalized spacial score (nSPS) is 27.8. The lowest BCUT2D eigenvalue weighted by Crippen LogP contribution is -2.39. The molecule has 2 atom stereocenters. The molecular weight excluding hydrogens is 306 g/mol. The van der Waals surface area contributed by atoms with E-state index in [1.165, 1.54) is 12.1 Å². The molecule has 2 fully saturated rings. The smallest absolute Gasteiger partial charge is 0.338 e. The van der Waals surface area contributed by atoms with Crippen molar-refractivity contribution >= 4 is 11.9 Å². The Morgan fingerprint density at radius 2 is 2.04 bits per heavy atom. The molecule has 1 saturated heterocycles. The lowest BCUT2D eigenvalue weighted by Gasteiger charge is -2.39. The zero-order valence-corrected chi connectivity index (χ0v) is 14.5. The van der Waals surface area contributed by atoms with E-state index in [1.54, 1.807) is 12.1 Å².